The average molecular weight is 218 g/mol. The molecule has 90 valence electrons. The largest absolute Gasteiger partial charge is 0.392 e. The molecule has 5 heteroatoms. The lowest BCUT2D eigenvalue weighted by Gasteiger charge is -2.20. The average Bonchev–Trinajstić information content (AvgIpc) is 2.09. The fourth-order valence-electron chi connectivity index (χ4n) is 0.735. The maximum Gasteiger partial charge on any atom is 0.246 e. The van der Waals surface area contributed by atoms with E-state index in [1.807, 2.05) is 20.8 Å². The van der Waals surface area contributed by atoms with Crippen LogP contribution in [-0.2, 0) is 9.53 Å². The van der Waals surface area contributed by atoms with Crippen molar-refractivity contribution in [1.29, 1.82) is 0 Å². The van der Waals surface area contributed by atoms with Crippen LogP contribution < -0.4 is 11.1 Å². The summed E-state index contributed by atoms with van der Waals surface area (Å²) in [6.45, 7) is 7.48. The standard InChI is InChI=1S/C10H22N2O3/c1-7(13)8(11)5-12-9(14)6-15-10(2,3)4/h7-8,13H,5-6,11H2,1-4H3,(H,12,14). The normalized spacial score (nSPS) is 15.9. The van der Waals surface area contributed by atoms with E-state index in [0.29, 0.717) is 0 Å². The van der Waals surface area contributed by atoms with E-state index >= 15 is 0 Å². The molecule has 0 aliphatic heterocycles. The molecule has 0 radical (unpaired) electrons. The fourth-order valence-corrected chi connectivity index (χ4v) is 0.735. The van der Waals surface area contributed by atoms with Crippen LogP contribution in [0.2, 0.25) is 0 Å². The molecule has 0 heterocycles. The number of hydrogen-bond donors (Lipinski definition) is 3. The second kappa shape index (κ2) is 6.05. The van der Waals surface area contributed by atoms with Crippen LogP contribution in [0.25, 0.3) is 0 Å². The lowest BCUT2D eigenvalue weighted by Crippen LogP contribution is -2.45. The van der Waals surface area contributed by atoms with Gasteiger partial charge in [-0.05, 0) is 27.7 Å². The Morgan fingerprint density at radius 3 is 2.47 bits per heavy atom. The molecule has 2 atom stereocenters. The van der Waals surface area contributed by atoms with Gasteiger partial charge in [0.2, 0.25) is 5.91 Å². The molecule has 15 heavy (non-hydrogen) atoms. The Labute approximate surface area is 91.0 Å². The number of amides is 1. The number of nitrogens with one attached hydrogen (secondary N) is 1. The van der Waals surface area contributed by atoms with Gasteiger partial charge < -0.3 is 20.9 Å². The van der Waals surface area contributed by atoms with Gasteiger partial charge in [0.1, 0.15) is 6.61 Å². The number of aliphatic hydroxyl groups is 1. The van der Waals surface area contributed by atoms with E-state index in [1.165, 1.54) is 0 Å². The van der Waals surface area contributed by atoms with Crippen molar-refractivity contribution in [3.05, 3.63) is 0 Å². The summed E-state index contributed by atoms with van der Waals surface area (Å²) in [6, 6.07) is -0.441. The molecule has 0 aliphatic rings. The van der Waals surface area contributed by atoms with Gasteiger partial charge in [-0.25, -0.2) is 0 Å². The van der Waals surface area contributed by atoms with Gasteiger partial charge in [0.05, 0.1) is 11.7 Å². The van der Waals surface area contributed by atoms with Crippen molar-refractivity contribution in [2.75, 3.05) is 13.2 Å². The Kier molecular flexibility index (Phi) is 5.79. The van der Waals surface area contributed by atoms with Crippen molar-refractivity contribution in [2.24, 2.45) is 5.73 Å². The van der Waals surface area contributed by atoms with Crippen molar-refractivity contribution in [3.63, 3.8) is 0 Å². The molecule has 0 spiro atoms. The van der Waals surface area contributed by atoms with Crippen LogP contribution in [0.3, 0.4) is 0 Å². The quantitative estimate of drug-likeness (QED) is 0.587. The lowest BCUT2D eigenvalue weighted by atomic mass is 10.2. The third kappa shape index (κ3) is 8.35. The summed E-state index contributed by atoms with van der Waals surface area (Å²) in [5.74, 6) is -0.221. The summed E-state index contributed by atoms with van der Waals surface area (Å²) in [7, 11) is 0. The number of ether oxygens (including phenoxy) is 1. The number of hydrogen-bond acceptors (Lipinski definition) is 4. The summed E-state index contributed by atoms with van der Waals surface area (Å²) in [6.07, 6.45) is -0.631. The van der Waals surface area contributed by atoms with Crippen LogP contribution >= 0.6 is 0 Å². The van der Waals surface area contributed by atoms with Crippen molar-refractivity contribution in [1.82, 2.24) is 5.32 Å². The zero-order valence-corrected chi connectivity index (χ0v) is 9.91. The molecule has 0 aromatic carbocycles. The minimum atomic E-state index is -0.631. The molecule has 1 amide bonds. The summed E-state index contributed by atoms with van der Waals surface area (Å²) in [5.41, 5.74) is 5.21. The summed E-state index contributed by atoms with van der Waals surface area (Å²) < 4.78 is 5.27. The molecule has 0 aromatic rings. The minimum absolute atomic E-state index is 0.00995. The van der Waals surface area contributed by atoms with Crippen molar-refractivity contribution in [3.8, 4) is 0 Å². The van der Waals surface area contributed by atoms with Gasteiger partial charge in [-0.15, -0.1) is 0 Å². The Morgan fingerprint density at radius 1 is 1.53 bits per heavy atom. The Bertz CT molecular complexity index is 199. The third-order valence-electron chi connectivity index (χ3n) is 1.79. The number of nitrogens with two attached hydrogens (primary N) is 1. The van der Waals surface area contributed by atoms with Gasteiger partial charge in [0.25, 0.3) is 0 Å². The van der Waals surface area contributed by atoms with E-state index in [2.05, 4.69) is 5.32 Å². The smallest absolute Gasteiger partial charge is 0.246 e. The first kappa shape index (κ1) is 14.3. The Hall–Kier alpha value is -0.650. The molecule has 0 rings (SSSR count). The Morgan fingerprint density at radius 2 is 2.07 bits per heavy atom. The maximum atomic E-state index is 11.2. The van der Waals surface area contributed by atoms with Crippen LogP contribution in [0.1, 0.15) is 27.7 Å². The highest BCUT2D eigenvalue weighted by molar-refractivity contribution is 5.77. The highest BCUT2D eigenvalue weighted by atomic mass is 16.5. The zero-order valence-electron chi connectivity index (χ0n) is 9.91. The van der Waals surface area contributed by atoms with E-state index in [1.54, 1.807) is 6.92 Å². The molecule has 2 unspecified atom stereocenters. The summed E-state index contributed by atoms with van der Waals surface area (Å²) in [5, 5.41) is 11.7. The summed E-state index contributed by atoms with van der Waals surface area (Å²) >= 11 is 0. The predicted octanol–water partition coefficient (Wildman–Crippen LogP) is -0.374. The van der Waals surface area contributed by atoms with E-state index in [-0.39, 0.29) is 24.7 Å². The molecule has 0 aromatic heterocycles. The van der Waals surface area contributed by atoms with E-state index < -0.39 is 12.1 Å². The van der Waals surface area contributed by atoms with Crippen molar-refractivity contribution >= 4 is 5.91 Å². The predicted molar refractivity (Wildman–Crippen MR) is 58.4 cm³/mol. The molecule has 4 N–H and O–H groups in total. The van der Waals surface area contributed by atoms with Gasteiger partial charge in [-0.2, -0.15) is 0 Å². The van der Waals surface area contributed by atoms with Gasteiger partial charge in [0, 0.05) is 12.6 Å². The van der Waals surface area contributed by atoms with E-state index in [4.69, 9.17) is 15.6 Å². The lowest BCUT2D eigenvalue weighted by molar-refractivity contribution is -0.130. The maximum absolute atomic E-state index is 11.2. The van der Waals surface area contributed by atoms with Gasteiger partial charge in [-0.3, -0.25) is 4.79 Å². The molecular weight excluding hydrogens is 196 g/mol. The second-order valence-corrected chi connectivity index (χ2v) is 4.61. The molecular formula is C10H22N2O3. The third-order valence-corrected chi connectivity index (χ3v) is 1.79. The monoisotopic (exact) mass is 218 g/mol. The number of carbonyl (C=O) groups is 1. The number of rotatable bonds is 5. The summed E-state index contributed by atoms with van der Waals surface area (Å²) in [4.78, 5) is 11.2. The first-order valence-electron chi connectivity index (χ1n) is 5.06. The van der Waals surface area contributed by atoms with Crippen LogP contribution in [-0.4, -0.2) is 41.9 Å². The van der Waals surface area contributed by atoms with E-state index in [9.17, 15) is 4.79 Å². The Balaban J connectivity index is 3.67. The zero-order chi connectivity index (χ0) is 12.1. The number of aliphatic hydroxyl groups excluding tert-OH is 1. The molecule has 5 nitrogen and oxygen atoms in total. The minimum Gasteiger partial charge on any atom is -0.392 e. The SMILES string of the molecule is CC(O)C(N)CNC(=O)COC(C)(C)C. The highest BCUT2D eigenvalue weighted by Crippen LogP contribution is 2.05. The molecule has 0 bridgehead atoms. The molecule has 0 saturated heterocycles. The topological polar surface area (TPSA) is 84.6 Å². The van der Waals surface area contributed by atoms with Crippen LogP contribution in [0.5, 0.6) is 0 Å². The molecule has 0 aliphatic carbocycles. The van der Waals surface area contributed by atoms with Gasteiger partial charge in [0.15, 0.2) is 0 Å². The number of carbonyl (C=O) groups excluding carboxylic acids is 1. The molecule has 0 fully saturated rings. The van der Waals surface area contributed by atoms with Crippen LogP contribution in [0.15, 0.2) is 0 Å². The first-order chi connectivity index (χ1) is 6.72. The van der Waals surface area contributed by atoms with Crippen molar-refractivity contribution in [2.45, 2.75) is 45.4 Å². The van der Waals surface area contributed by atoms with Crippen molar-refractivity contribution < 1.29 is 14.6 Å². The van der Waals surface area contributed by atoms with E-state index in [0.717, 1.165) is 0 Å². The highest BCUT2D eigenvalue weighted by Gasteiger charge is 2.14. The van der Waals surface area contributed by atoms with Gasteiger partial charge in [-0.1, -0.05) is 0 Å². The molecule has 0 saturated carbocycles. The van der Waals surface area contributed by atoms with Crippen LogP contribution in [0, 0.1) is 0 Å². The fraction of sp³-hybridized carbons (Fsp3) is 0.900. The second-order valence-electron chi connectivity index (χ2n) is 4.61. The van der Waals surface area contributed by atoms with Crippen LogP contribution in [0.4, 0.5) is 0 Å². The first-order valence-corrected chi connectivity index (χ1v) is 5.06. The van der Waals surface area contributed by atoms with Gasteiger partial charge >= 0.3 is 0 Å².